The van der Waals surface area contributed by atoms with Gasteiger partial charge in [0.1, 0.15) is 16.4 Å². The SMILES string of the molecule is COc1ccc2c(Cl)c(C(=O)NC(=S)Nc3ccccc3C(=O)NCc3ccco3)sc2c1. The minimum atomic E-state index is -0.447. The lowest BCUT2D eigenvalue weighted by atomic mass is 10.1. The first-order chi connectivity index (χ1) is 16.0. The van der Waals surface area contributed by atoms with Crippen molar-refractivity contribution >= 4 is 67.9 Å². The number of carbonyl (C=O) groups excluding carboxylic acids is 2. The van der Waals surface area contributed by atoms with Crippen LogP contribution in [0, 0.1) is 0 Å². The van der Waals surface area contributed by atoms with E-state index < -0.39 is 5.91 Å². The molecular formula is C23H18ClN3O4S2. The number of fused-ring (bicyclic) bond motifs is 1. The van der Waals surface area contributed by atoms with Crippen LogP contribution in [-0.4, -0.2) is 24.0 Å². The quantitative estimate of drug-likeness (QED) is 0.315. The number of amides is 2. The largest absolute Gasteiger partial charge is 0.497 e. The van der Waals surface area contributed by atoms with E-state index in [0.29, 0.717) is 32.7 Å². The molecule has 168 valence electrons. The minimum Gasteiger partial charge on any atom is -0.497 e. The van der Waals surface area contributed by atoms with Crippen molar-refractivity contribution in [1.29, 1.82) is 0 Å². The Hall–Kier alpha value is -3.40. The van der Waals surface area contributed by atoms with Crippen LogP contribution >= 0.6 is 35.2 Å². The average molecular weight is 500 g/mol. The highest BCUT2D eigenvalue weighted by Gasteiger charge is 2.19. The Balaban J connectivity index is 1.45. The van der Waals surface area contributed by atoms with Gasteiger partial charge in [0.25, 0.3) is 11.8 Å². The second-order valence-electron chi connectivity index (χ2n) is 6.82. The number of para-hydroxylation sites is 1. The molecule has 0 aliphatic heterocycles. The summed E-state index contributed by atoms with van der Waals surface area (Å²) in [5, 5.41) is 9.46. The molecule has 0 aliphatic carbocycles. The van der Waals surface area contributed by atoms with E-state index in [9.17, 15) is 9.59 Å². The summed E-state index contributed by atoms with van der Waals surface area (Å²) in [4.78, 5) is 25.8. The van der Waals surface area contributed by atoms with Crippen LogP contribution in [-0.2, 0) is 6.54 Å². The van der Waals surface area contributed by atoms with Gasteiger partial charge in [-0.25, -0.2) is 0 Å². The number of carbonyl (C=O) groups is 2. The van der Waals surface area contributed by atoms with Crippen molar-refractivity contribution in [3.05, 3.63) is 82.1 Å². The van der Waals surface area contributed by atoms with E-state index in [0.717, 1.165) is 10.1 Å². The van der Waals surface area contributed by atoms with Crippen LogP contribution in [0.25, 0.3) is 10.1 Å². The van der Waals surface area contributed by atoms with Crippen LogP contribution in [0.5, 0.6) is 5.75 Å². The van der Waals surface area contributed by atoms with Gasteiger partial charge in [0.05, 0.1) is 36.2 Å². The fraction of sp³-hybridized carbons (Fsp3) is 0.0870. The molecule has 0 bridgehead atoms. The second kappa shape index (κ2) is 10.0. The van der Waals surface area contributed by atoms with Gasteiger partial charge in [0.2, 0.25) is 0 Å². The van der Waals surface area contributed by atoms with Crippen LogP contribution in [0.1, 0.15) is 25.8 Å². The Bertz CT molecular complexity index is 1330. The highest BCUT2D eigenvalue weighted by molar-refractivity contribution is 7.80. The number of halogens is 1. The van der Waals surface area contributed by atoms with Gasteiger partial charge in [-0.05, 0) is 54.7 Å². The Kier molecular flexibility index (Phi) is 6.93. The summed E-state index contributed by atoms with van der Waals surface area (Å²) in [5.41, 5.74) is 0.819. The molecule has 0 atom stereocenters. The summed E-state index contributed by atoms with van der Waals surface area (Å²) in [5.74, 6) is 0.545. The molecule has 2 heterocycles. The first-order valence-electron chi connectivity index (χ1n) is 9.74. The molecule has 0 unspecified atom stereocenters. The molecule has 0 aliphatic rings. The van der Waals surface area contributed by atoms with Crippen molar-refractivity contribution in [2.45, 2.75) is 6.54 Å². The average Bonchev–Trinajstić information content (AvgIpc) is 3.45. The predicted molar refractivity (Wildman–Crippen MR) is 133 cm³/mol. The molecule has 3 N–H and O–H groups in total. The highest BCUT2D eigenvalue weighted by Crippen LogP contribution is 2.37. The summed E-state index contributed by atoms with van der Waals surface area (Å²) < 4.78 is 11.3. The van der Waals surface area contributed by atoms with Crippen molar-refractivity contribution in [3.8, 4) is 5.75 Å². The first-order valence-corrected chi connectivity index (χ1v) is 11.3. The van der Waals surface area contributed by atoms with E-state index >= 15 is 0 Å². The molecule has 10 heteroatoms. The summed E-state index contributed by atoms with van der Waals surface area (Å²) >= 11 is 13.0. The van der Waals surface area contributed by atoms with Crippen LogP contribution < -0.4 is 20.7 Å². The van der Waals surface area contributed by atoms with Gasteiger partial charge in [-0.2, -0.15) is 0 Å². The fourth-order valence-electron chi connectivity index (χ4n) is 3.10. The number of thiophene rings is 1. The smallest absolute Gasteiger partial charge is 0.269 e. The van der Waals surface area contributed by atoms with E-state index in [-0.39, 0.29) is 17.6 Å². The normalized spacial score (nSPS) is 10.6. The molecule has 0 spiro atoms. The second-order valence-corrected chi connectivity index (χ2v) is 8.66. The maximum Gasteiger partial charge on any atom is 0.269 e. The molecule has 4 aromatic rings. The standard InChI is InChI=1S/C23H18ClN3O4S2/c1-30-13-8-9-16-18(11-13)33-20(19(16)24)22(29)27-23(32)26-17-7-3-2-6-15(17)21(28)25-12-14-5-4-10-31-14/h2-11H,12H2,1H3,(H,25,28)(H2,26,27,29,32). The molecule has 4 rings (SSSR count). The number of benzene rings is 2. The maximum atomic E-state index is 12.8. The summed E-state index contributed by atoms with van der Waals surface area (Å²) in [6.07, 6.45) is 1.54. The van der Waals surface area contributed by atoms with Gasteiger partial charge in [-0.15, -0.1) is 11.3 Å². The number of thiocarbonyl (C=S) groups is 1. The molecule has 7 nitrogen and oxygen atoms in total. The number of furan rings is 1. The van der Waals surface area contributed by atoms with E-state index in [1.54, 1.807) is 55.6 Å². The number of nitrogens with one attached hydrogen (secondary N) is 3. The third-order valence-electron chi connectivity index (χ3n) is 4.69. The molecule has 2 aromatic carbocycles. The highest BCUT2D eigenvalue weighted by atomic mass is 35.5. The van der Waals surface area contributed by atoms with Crippen molar-refractivity contribution in [3.63, 3.8) is 0 Å². The summed E-state index contributed by atoms with van der Waals surface area (Å²) in [7, 11) is 1.57. The van der Waals surface area contributed by atoms with Crippen molar-refractivity contribution < 1.29 is 18.7 Å². The zero-order chi connectivity index (χ0) is 23.4. The molecule has 0 radical (unpaired) electrons. The van der Waals surface area contributed by atoms with Crippen LogP contribution in [0.3, 0.4) is 0 Å². The van der Waals surface area contributed by atoms with Gasteiger partial charge in [-0.1, -0.05) is 23.7 Å². The molecule has 2 amide bonds. The minimum absolute atomic E-state index is 0.0392. The molecule has 2 aromatic heterocycles. The number of rotatable bonds is 6. The number of ether oxygens (including phenoxy) is 1. The van der Waals surface area contributed by atoms with E-state index in [1.807, 2.05) is 6.07 Å². The Labute approximate surface area is 203 Å². The van der Waals surface area contributed by atoms with Crippen LogP contribution in [0.4, 0.5) is 5.69 Å². The van der Waals surface area contributed by atoms with E-state index in [4.69, 9.17) is 33.0 Å². The van der Waals surface area contributed by atoms with Gasteiger partial charge in [0.15, 0.2) is 5.11 Å². The Morgan fingerprint density at radius 2 is 1.94 bits per heavy atom. The summed E-state index contributed by atoms with van der Waals surface area (Å²) in [6, 6.07) is 15.8. The maximum absolute atomic E-state index is 12.8. The third kappa shape index (κ3) is 5.16. The number of hydrogen-bond donors (Lipinski definition) is 3. The van der Waals surface area contributed by atoms with Crippen molar-refractivity contribution in [2.75, 3.05) is 12.4 Å². The third-order valence-corrected chi connectivity index (χ3v) is 6.55. The zero-order valence-electron chi connectivity index (χ0n) is 17.3. The lowest BCUT2D eigenvalue weighted by molar-refractivity contribution is 0.0947. The number of methoxy groups -OCH3 is 1. The molecular weight excluding hydrogens is 482 g/mol. The zero-order valence-corrected chi connectivity index (χ0v) is 19.7. The molecule has 33 heavy (non-hydrogen) atoms. The Morgan fingerprint density at radius 1 is 1.12 bits per heavy atom. The van der Waals surface area contributed by atoms with Gasteiger partial charge in [0, 0.05) is 10.1 Å². The monoisotopic (exact) mass is 499 g/mol. The van der Waals surface area contributed by atoms with Gasteiger partial charge < -0.3 is 19.8 Å². The van der Waals surface area contributed by atoms with Crippen molar-refractivity contribution in [2.24, 2.45) is 0 Å². The van der Waals surface area contributed by atoms with Crippen LogP contribution in [0.15, 0.2) is 65.3 Å². The molecule has 0 saturated heterocycles. The summed E-state index contributed by atoms with van der Waals surface area (Å²) in [6.45, 7) is 0.247. The topological polar surface area (TPSA) is 92.6 Å². The fourth-order valence-corrected chi connectivity index (χ4v) is 4.74. The van der Waals surface area contributed by atoms with E-state index in [2.05, 4.69) is 16.0 Å². The number of hydrogen-bond acceptors (Lipinski definition) is 6. The number of anilines is 1. The van der Waals surface area contributed by atoms with Gasteiger partial charge >= 0.3 is 0 Å². The Morgan fingerprint density at radius 3 is 2.70 bits per heavy atom. The molecule has 0 fully saturated rings. The lowest BCUT2D eigenvalue weighted by Gasteiger charge is -2.13. The van der Waals surface area contributed by atoms with Gasteiger partial charge in [-0.3, -0.25) is 14.9 Å². The first kappa shape index (κ1) is 22.8. The lowest BCUT2D eigenvalue weighted by Crippen LogP contribution is -2.34. The van der Waals surface area contributed by atoms with E-state index in [1.165, 1.54) is 17.6 Å². The van der Waals surface area contributed by atoms with Crippen molar-refractivity contribution in [1.82, 2.24) is 10.6 Å². The predicted octanol–water partition coefficient (Wildman–Crippen LogP) is 5.21. The van der Waals surface area contributed by atoms with Crippen LogP contribution in [0.2, 0.25) is 5.02 Å². The molecule has 0 saturated carbocycles.